The predicted octanol–water partition coefficient (Wildman–Crippen LogP) is 0.983. The van der Waals surface area contributed by atoms with E-state index in [2.05, 4.69) is 0 Å². The summed E-state index contributed by atoms with van der Waals surface area (Å²) in [6.45, 7) is 2.95. The molecule has 0 aromatic heterocycles. The van der Waals surface area contributed by atoms with Crippen molar-refractivity contribution in [3.8, 4) is 0 Å². The summed E-state index contributed by atoms with van der Waals surface area (Å²) in [6.07, 6.45) is 1.03. The van der Waals surface area contributed by atoms with Gasteiger partial charge in [-0.25, -0.2) is 12.8 Å². The number of sulfone groups is 1. The molecule has 0 spiro atoms. The third-order valence-electron chi connectivity index (χ3n) is 5.34. The molecular formula is C18H26FN3O3S. The number of hydrogen-bond donors (Lipinski definition) is 0. The van der Waals surface area contributed by atoms with Crippen LogP contribution in [-0.2, 0) is 14.6 Å². The number of rotatable bonds is 5. The lowest BCUT2D eigenvalue weighted by atomic mass is 10.2. The minimum atomic E-state index is -2.91. The average Bonchev–Trinajstić information content (AvgIpc) is 3.00. The van der Waals surface area contributed by atoms with Crippen LogP contribution in [0.15, 0.2) is 24.3 Å². The number of hydrogen-bond acceptors (Lipinski definition) is 5. The van der Waals surface area contributed by atoms with Crippen LogP contribution in [0.4, 0.5) is 10.1 Å². The summed E-state index contributed by atoms with van der Waals surface area (Å²) in [6, 6.07) is 6.72. The molecule has 0 bridgehead atoms. The molecule has 2 aliphatic rings. The molecule has 8 heteroatoms. The van der Waals surface area contributed by atoms with Crippen molar-refractivity contribution >= 4 is 21.4 Å². The number of carbonyl (C=O) groups is 1. The number of carbonyl (C=O) groups excluding carboxylic acids is 1. The van der Waals surface area contributed by atoms with Crippen LogP contribution < -0.4 is 4.90 Å². The Morgan fingerprint density at radius 1 is 1.23 bits per heavy atom. The lowest BCUT2D eigenvalue weighted by Crippen LogP contribution is -2.49. The van der Waals surface area contributed by atoms with Crippen LogP contribution in [0.3, 0.4) is 0 Å². The first-order valence-corrected chi connectivity index (χ1v) is 10.9. The van der Waals surface area contributed by atoms with Crippen molar-refractivity contribution < 1.29 is 17.6 Å². The molecule has 0 aliphatic carbocycles. The number of piperazine rings is 1. The predicted molar refractivity (Wildman–Crippen MR) is 99.5 cm³/mol. The van der Waals surface area contributed by atoms with Gasteiger partial charge in [0.2, 0.25) is 5.91 Å². The molecule has 0 radical (unpaired) electrons. The van der Waals surface area contributed by atoms with Gasteiger partial charge in [-0.15, -0.1) is 0 Å². The maximum Gasteiger partial charge on any atom is 0.223 e. The fraction of sp³-hybridized carbons (Fsp3) is 0.611. The van der Waals surface area contributed by atoms with Crippen LogP contribution in [0.2, 0.25) is 0 Å². The molecule has 1 atom stereocenters. The van der Waals surface area contributed by atoms with Crippen LogP contribution in [0, 0.1) is 5.82 Å². The Morgan fingerprint density at radius 3 is 2.54 bits per heavy atom. The molecule has 144 valence electrons. The van der Waals surface area contributed by atoms with Gasteiger partial charge in [-0.05, 0) is 25.6 Å². The van der Waals surface area contributed by atoms with Gasteiger partial charge in [-0.3, -0.25) is 4.79 Å². The summed E-state index contributed by atoms with van der Waals surface area (Å²) >= 11 is 0. The molecule has 1 aromatic carbocycles. The Kier molecular flexibility index (Phi) is 5.82. The monoisotopic (exact) mass is 383 g/mol. The number of para-hydroxylation sites is 1. The summed E-state index contributed by atoms with van der Waals surface area (Å²) in [5.41, 5.74) is 0.585. The van der Waals surface area contributed by atoms with Crippen molar-refractivity contribution in [2.45, 2.75) is 18.9 Å². The fourth-order valence-corrected chi connectivity index (χ4v) is 5.45. The summed E-state index contributed by atoms with van der Waals surface area (Å²) < 4.78 is 37.0. The summed E-state index contributed by atoms with van der Waals surface area (Å²) in [4.78, 5) is 18.2. The first-order chi connectivity index (χ1) is 12.4. The van der Waals surface area contributed by atoms with Gasteiger partial charge in [0.05, 0.1) is 17.2 Å². The van der Waals surface area contributed by atoms with Gasteiger partial charge in [-0.2, -0.15) is 0 Å². The second kappa shape index (κ2) is 7.92. The molecule has 2 heterocycles. The second-order valence-corrected chi connectivity index (χ2v) is 9.34. The highest BCUT2D eigenvalue weighted by Gasteiger charge is 2.31. The van der Waals surface area contributed by atoms with E-state index in [1.165, 1.54) is 6.07 Å². The SMILES string of the molecule is CN(CCC(=O)N1CCN(c2ccccc2F)CC1)C1CCS(=O)(=O)C1. The molecular weight excluding hydrogens is 357 g/mol. The Hall–Kier alpha value is -1.67. The third-order valence-corrected chi connectivity index (χ3v) is 7.09. The van der Waals surface area contributed by atoms with Gasteiger partial charge < -0.3 is 14.7 Å². The molecule has 2 fully saturated rings. The van der Waals surface area contributed by atoms with E-state index in [9.17, 15) is 17.6 Å². The van der Waals surface area contributed by atoms with Crippen LogP contribution >= 0.6 is 0 Å². The number of anilines is 1. The lowest BCUT2D eigenvalue weighted by molar-refractivity contribution is -0.131. The number of halogens is 1. The lowest BCUT2D eigenvalue weighted by Gasteiger charge is -2.36. The van der Waals surface area contributed by atoms with E-state index in [0.29, 0.717) is 51.3 Å². The van der Waals surface area contributed by atoms with Crippen molar-refractivity contribution in [3.05, 3.63) is 30.1 Å². The highest BCUT2D eigenvalue weighted by atomic mass is 32.2. The standard InChI is InChI=1S/C18H26FN3O3S/c1-20(15-7-13-26(24,25)14-15)8-6-18(23)22-11-9-21(10-12-22)17-5-3-2-4-16(17)19/h2-5,15H,6-14H2,1H3. The largest absolute Gasteiger partial charge is 0.366 e. The van der Waals surface area contributed by atoms with Gasteiger partial charge in [0.1, 0.15) is 5.82 Å². The fourth-order valence-electron chi connectivity index (χ4n) is 3.64. The van der Waals surface area contributed by atoms with E-state index in [-0.39, 0.29) is 29.3 Å². The first kappa shape index (κ1) is 19.1. The van der Waals surface area contributed by atoms with E-state index in [1.807, 2.05) is 27.8 Å². The molecule has 3 rings (SSSR count). The van der Waals surface area contributed by atoms with E-state index in [1.54, 1.807) is 12.1 Å². The minimum absolute atomic E-state index is 0.0192. The Labute approximate surface area is 154 Å². The topological polar surface area (TPSA) is 60.9 Å². The maximum absolute atomic E-state index is 13.9. The number of amides is 1. The molecule has 1 amide bonds. The molecule has 2 aliphatic heterocycles. The molecule has 1 unspecified atom stereocenters. The third kappa shape index (κ3) is 4.54. The maximum atomic E-state index is 13.9. The molecule has 1 aromatic rings. The molecule has 6 nitrogen and oxygen atoms in total. The number of benzene rings is 1. The van der Waals surface area contributed by atoms with E-state index in [0.717, 1.165) is 0 Å². The van der Waals surface area contributed by atoms with Gasteiger partial charge in [0.15, 0.2) is 9.84 Å². The van der Waals surface area contributed by atoms with Crippen molar-refractivity contribution in [3.63, 3.8) is 0 Å². The van der Waals surface area contributed by atoms with Gasteiger partial charge in [-0.1, -0.05) is 12.1 Å². The molecule has 26 heavy (non-hydrogen) atoms. The van der Waals surface area contributed by atoms with Gasteiger partial charge in [0.25, 0.3) is 0 Å². The zero-order valence-electron chi connectivity index (χ0n) is 15.1. The van der Waals surface area contributed by atoms with Crippen LogP contribution in [0.25, 0.3) is 0 Å². The van der Waals surface area contributed by atoms with Crippen molar-refractivity contribution in [2.75, 3.05) is 56.2 Å². The zero-order valence-corrected chi connectivity index (χ0v) is 15.9. The van der Waals surface area contributed by atoms with E-state index < -0.39 is 9.84 Å². The zero-order chi connectivity index (χ0) is 18.7. The van der Waals surface area contributed by atoms with E-state index >= 15 is 0 Å². The van der Waals surface area contributed by atoms with Crippen LogP contribution in [-0.4, -0.2) is 81.4 Å². The van der Waals surface area contributed by atoms with Crippen molar-refractivity contribution in [1.29, 1.82) is 0 Å². The van der Waals surface area contributed by atoms with Gasteiger partial charge >= 0.3 is 0 Å². The summed E-state index contributed by atoms with van der Waals surface area (Å²) in [5, 5.41) is 0. The van der Waals surface area contributed by atoms with Crippen molar-refractivity contribution in [1.82, 2.24) is 9.80 Å². The Morgan fingerprint density at radius 2 is 1.92 bits per heavy atom. The van der Waals surface area contributed by atoms with Crippen molar-refractivity contribution in [2.24, 2.45) is 0 Å². The second-order valence-electron chi connectivity index (χ2n) is 7.11. The normalized spacial score (nSPS) is 22.8. The molecule has 0 N–H and O–H groups in total. The number of nitrogens with zero attached hydrogens (tertiary/aromatic N) is 3. The van der Waals surface area contributed by atoms with E-state index in [4.69, 9.17) is 0 Å². The highest BCUT2D eigenvalue weighted by Crippen LogP contribution is 2.21. The van der Waals surface area contributed by atoms with Crippen LogP contribution in [0.1, 0.15) is 12.8 Å². The van der Waals surface area contributed by atoms with Crippen LogP contribution in [0.5, 0.6) is 0 Å². The Bertz CT molecular complexity index is 748. The molecule has 0 saturated carbocycles. The minimum Gasteiger partial charge on any atom is -0.366 e. The van der Waals surface area contributed by atoms with Gasteiger partial charge in [0, 0.05) is 45.2 Å². The average molecular weight is 383 g/mol. The first-order valence-electron chi connectivity index (χ1n) is 9.03. The Balaban J connectivity index is 1.45. The quantitative estimate of drug-likeness (QED) is 0.759. The molecule has 2 saturated heterocycles. The smallest absolute Gasteiger partial charge is 0.223 e. The summed E-state index contributed by atoms with van der Waals surface area (Å²) in [7, 11) is -1.02. The summed E-state index contributed by atoms with van der Waals surface area (Å²) in [5.74, 6) is 0.277. The highest BCUT2D eigenvalue weighted by molar-refractivity contribution is 7.91.